The van der Waals surface area contributed by atoms with Crippen molar-refractivity contribution < 1.29 is 14.4 Å². The Kier molecular flexibility index (Phi) is 5.66. The van der Waals surface area contributed by atoms with Gasteiger partial charge in [-0.2, -0.15) is 0 Å². The van der Waals surface area contributed by atoms with Crippen LogP contribution in [0.4, 0.5) is 5.69 Å². The van der Waals surface area contributed by atoms with Crippen LogP contribution in [0.15, 0.2) is 60.7 Å². The van der Waals surface area contributed by atoms with E-state index in [2.05, 4.69) is 18.7 Å². The number of carbonyl (C=O) groups excluding carboxylic acids is 3. The molecule has 0 saturated carbocycles. The van der Waals surface area contributed by atoms with Crippen molar-refractivity contribution in [2.45, 2.75) is 27.7 Å². The maximum absolute atomic E-state index is 13.6. The van der Waals surface area contributed by atoms with Gasteiger partial charge in [-0.3, -0.25) is 19.0 Å². The van der Waals surface area contributed by atoms with Crippen LogP contribution in [0.25, 0.3) is 21.8 Å². The summed E-state index contributed by atoms with van der Waals surface area (Å²) in [5, 5.41) is 1.56. The van der Waals surface area contributed by atoms with E-state index >= 15 is 0 Å². The Hall–Kier alpha value is -3.73. The maximum atomic E-state index is 13.6. The van der Waals surface area contributed by atoms with E-state index in [0.717, 1.165) is 29.5 Å². The van der Waals surface area contributed by atoms with Gasteiger partial charge in [-0.25, -0.2) is 0 Å². The second kappa shape index (κ2) is 8.42. The number of benzene rings is 3. The smallest absolute Gasteiger partial charge is 0.262 e. The van der Waals surface area contributed by atoms with Crippen LogP contribution in [0, 0.1) is 0 Å². The fraction of sp³-hybridized carbons (Fsp3) is 0.222. The molecule has 0 bridgehead atoms. The summed E-state index contributed by atoms with van der Waals surface area (Å²) in [6.07, 6.45) is 0. The molecule has 4 rings (SSSR count). The summed E-state index contributed by atoms with van der Waals surface area (Å²) in [6, 6.07) is 18.3. The first kappa shape index (κ1) is 21.5. The molecular formula is C27H26N2O3. The molecule has 0 N–H and O–H groups in total. The number of hydrogen-bond donors (Lipinski definition) is 0. The van der Waals surface area contributed by atoms with Crippen LogP contribution in [-0.2, 0) is 0 Å². The van der Waals surface area contributed by atoms with Crippen molar-refractivity contribution in [3.05, 3.63) is 77.4 Å². The Morgan fingerprint density at radius 3 is 1.53 bits per heavy atom. The van der Waals surface area contributed by atoms with E-state index in [1.165, 1.54) is 13.8 Å². The molecule has 0 radical (unpaired) electrons. The van der Waals surface area contributed by atoms with Gasteiger partial charge in [0.15, 0.2) is 11.6 Å². The van der Waals surface area contributed by atoms with Crippen molar-refractivity contribution in [2.75, 3.05) is 18.0 Å². The number of hydrogen-bond acceptors (Lipinski definition) is 4. The molecule has 0 amide bonds. The fourth-order valence-electron chi connectivity index (χ4n) is 4.21. The molecule has 0 fully saturated rings. The van der Waals surface area contributed by atoms with Crippen LogP contribution in [0.3, 0.4) is 0 Å². The number of ketones is 2. The molecule has 162 valence electrons. The van der Waals surface area contributed by atoms with Gasteiger partial charge in [0, 0.05) is 46.2 Å². The number of anilines is 1. The largest absolute Gasteiger partial charge is 0.372 e. The van der Waals surface area contributed by atoms with E-state index < -0.39 is 0 Å². The second-order valence-electron chi connectivity index (χ2n) is 7.94. The highest BCUT2D eigenvalue weighted by atomic mass is 16.2. The van der Waals surface area contributed by atoms with Crippen molar-refractivity contribution in [3.63, 3.8) is 0 Å². The van der Waals surface area contributed by atoms with E-state index in [1.807, 2.05) is 36.4 Å². The monoisotopic (exact) mass is 426 g/mol. The van der Waals surface area contributed by atoms with E-state index in [9.17, 15) is 14.4 Å². The molecule has 3 aromatic carbocycles. The van der Waals surface area contributed by atoms with Gasteiger partial charge in [0.25, 0.3) is 5.91 Å². The van der Waals surface area contributed by atoms with Crippen molar-refractivity contribution in [1.82, 2.24) is 4.57 Å². The van der Waals surface area contributed by atoms with Gasteiger partial charge in [0.05, 0.1) is 11.0 Å². The van der Waals surface area contributed by atoms with Gasteiger partial charge in [-0.05, 0) is 88.4 Å². The van der Waals surface area contributed by atoms with Crippen molar-refractivity contribution in [2.24, 2.45) is 0 Å². The number of nitrogens with zero attached hydrogens (tertiary/aromatic N) is 2. The zero-order chi connectivity index (χ0) is 23.0. The Balaban J connectivity index is 1.91. The SMILES string of the molecule is CCN(CC)c1ccc(C(=O)n2c3ccc(C(C)=O)cc3c3cc(C(C)=O)ccc32)cc1. The van der Waals surface area contributed by atoms with Gasteiger partial charge in [-0.15, -0.1) is 0 Å². The average Bonchev–Trinajstić information content (AvgIpc) is 3.12. The number of carbonyl (C=O) groups is 3. The lowest BCUT2D eigenvalue weighted by Gasteiger charge is -2.21. The van der Waals surface area contributed by atoms with Crippen molar-refractivity contribution in [3.8, 4) is 0 Å². The summed E-state index contributed by atoms with van der Waals surface area (Å²) in [6.45, 7) is 9.03. The molecule has 0 spiro atoms. The van der Waals surface area contributed by atoms with Crippen molar-refractivity contribution in [1.29, 1.82) is 0 Å². The van der Waals surface area contributed by atoms with Crippen LogP contribution < -0.4 is 4.90 Å². The first-order valence-corrected chi connectivity index (χ1v) is 10.9. The third-order valence-corrected chi connectivity index (χ3v) is 6.02. The Bertz CT molecular complexity index is 1290. The molecule has 4 aromatic rings. The number of fused-ring (bicyclic) bond motifs is 3. The molecule has 5 heteroatoms. The first-order chi connectivity index (χ1) is 15.3. The molecule has 0 aliphatic carbocycles. The molecule has 5 nitrogen and oxygen atoms in total. The normalized spacial score (nSPS) is 11.1. The lowest BCUT2D eigenvalue weighted by molar-refractivity contribution is 0.0967. The van der Waals surface area contributed by atoms with Gasteiger partial charge in [-0.1, -0.05) is 0 Å². The van der Waals surface area contributed by atoms with Crippen LogP contribution in [-0.4, -0.2) is 35.1 Å². The average molecular weight is 427 g/mol. The Labute approximate surface area is 187 Å². The number of Topliss-reactive ketones (excluding diaryl/α,β-unsaturated/α-hetero) is 2. The van der Waals surface area contributed by atoms with Gasteiger partial charge in [0.2, 0.25) is 0 Å². The summed E-state index contributed by atoms with van der Waals surface area (Å²) >= 11 is 0. The predicted octanol–water partition coefficient (Wildman–Crippen LogP) is 5.73. The molecular weight excluding hydrogens is 400 g/mol. The maximum Gasteiger partial charge on any atom is 0.262 e. The van der Waals surface area contributed by atoms with E-state index in [1.54, 1.807) is 28.8 Å². The third-order valence-electron chi connectivity index (χ3n) is 6.02. The molecule has 1 aromatic heterocycles. The van der Waals surface area contributed by atoms with Crippen LogP contribution in [0.5, 0.6) is 0 Å². The standard InChI is InChI=1S/C27H26N2O3/c1-5-28(6-2)22-11-7-19(8-12-22)27(32)29-25-13-9-20(17(3)30)15-23(25)24-16-21(18(4)31)10-14-26(24)29/h7-16H,5-6H2,1-4H3. The Morgan fingerprint density at radius 1 is 0.688 bits per heavy atom. The summed E-state index contributed by atoms with van der Waals surface area (Å²) in [4.78, 5) is 39.8. The van der Waals surface area contributed by atoms with Gasteiger partial charge < -0.3 is 4.90 Å². The van der Waals surface area contributed by atoms with Crippen LogP contribution >= 0.6 is 0 Å². The predicted molar refractivity (Wildman–Crippen MR) is 129 cm³/mol. The highest BCUT2D eigenvalue weighted by Crippen LogP contribution is 2.32. The zero-order valence-corrected chi connectivity index (χ0v) is 18.8. The highest BCUT2D eigenvalue weighted by Gasteiger charge is 2.19. The number of aromatic nitrogens is 1. The highest BCUT2D eigenvalue weighted by molar-refractivity contribution is 6.18. The quantitative estimate of drug-likeness (QED) is 0.369. The molecule has 0 saturated heterocycles. The molecule has 0 aliphatic rings. The van der Waals surface area contributed by atoms with Gasteiger partial charge >= 0.3 is 0 Å². The van der Waals surface area contributed by atoms with E-state index in [4.69, 9.17) is 0 Å². The minimum absolute atomic E-state index is 0.0474. The second-order valence-corrected chi connectivity index (χ2v) is 7.94. The summed E-state index contributed by atoms with van der Waals surface area (Å²) in [5.74, 6) is -0.245. The van der Waals surface area contributed by atoms with Crippen molar-refractivity contribution >= 4 is 45.0 Å². The molecule has 32 heavy (non-hydrogen) atoms. The third kappa shape index (κ3) is 3.60. The van der Waals surface area contributed by atoms with Crippen LogP contribution in [0.2, 0.25) is 0 Å². The zero-order valence-electron chi connectivity index (χ0n) is 18.8. The molecule has 0 atom stereocenters. The minimum Gasteiger partial charge on any atom is -0.372 e. The van der Waals surface area contributed by atoms with E-state index in [-0.39, 0.29) is 17.5 Å². The van der Waals surface area contributed by atoms with Gasteiger partial charge in [0.1, 0.15) is 0 Å². The summed E-state index contributed by atoms with van der Waals surface area (Å²) in [7, 11) is 0. The lowest BCUT2D eigenvalue weighted by Crippen LogP contribution is -2.21. The summed E-state index contributed by atoms with van der Waals surface area (Å²) < 4.78 is 1.67. The first-order valence-electron chi connectivity index (χ1n) is 10.9. The molecule has 1 heterocycles. The topological polar surface area (TPSA) is 59.4 Å². The minimum atomic E-state index is -0.151. The molecule has 0 aliphatic heterocycles. The summed E-state index contributed by atoms with van der Waals surface area (Å²) in [5.41, 5.74) is 4.21. The fourth-order valence-corrected chi connectivity index (χ4v) is 4.21. The number of rotatable bonds is 6. The van der Waals surface area contributed by atoms with Crippen LogP contribution in [0.1, 0.15) is 58.8 Å². The Morgan fingerprint density at radius 2 is 1.12 bits per heavy atom. The lowest BCUT2D eigenvalue weighted by atomic mass is 10.0. The van der Waals surface area contributed by atoms with E-state index in [0.29, 0.717) is 27.7 Å². The molecule has 0 unspecified atom stereocenters.